The Kier molecular flexibility index (Phi) is 2.46. The summed E-state index contributed by atoms with van der Waals surface area (Å²) in [7, 11) is 0. The molecule has 0 unspecified atom stereocenters. The SMILES string of the molecule is O=C1CC[C@]2(c3ccccc3)N[C@H]3CCCC[C@@H]3N12. The third kappa shape index (κ3) is 1.51. The van der Waals surface area contributed by atoms with Crippen molar-refractivity contribution >= 4 is 5.91 Å². The van der Waals surface area contributed by atoms with Crippen molar-refractivity contribution in [3.63, 3.8) is 0 Å². The van der Waals surface area contributed by atoms with Crippen LogP contribution in [0.3, 0.4) is 0 Å². The van der Waals surface area contributed by atoms with E-state index in [9.17, 15) is 4.79 Å². The molecule has 1 aromatic carbocycles. The van der Waals surface area contributed by atoms with Crippen molar-refractivity contribution < 1.29 is 4.79 Å². The van der Waals surface area contributed by atoms with E-state index in [0.29, 0.717) is 24.4 Å². The van der Waals surface area contributed by atoms with Crippen molar-refractivity contribution in [2.75, 3.05) is 0 Å². The molecule has 19 heavy (non-hydrogen) atoms. The van der Waals surface area contributed by atoms with Gasteiger partial charge in [-0.05, 0) is 24.8 Å². The fourth-order valence-corrected chi connectivity index (χ4v) is 4.33. The Balaban J connectivity index is 1.80. The maximum absolute atomic E-state index is 12.4. The lowest BCUT2D eigenvalue weighted by atomic mass is 9.91. The van der Waals surface area contributed by atoms with Gasteiger partial charge in [-0.2, -0.15) is 0 Å². The maximum atomic E-state index is 12.4. The quantitative estimate of drug-likeness (QED) is 0.836. The van der Waals surface area contributed by atoms with Crippen LogP contribution in [0.25, 0.3) is 0 Å². The Labute approximate surface area is 114 Å². The first-order valence-electron chi connectivity index (χ1n) is 7.47. The summed E-state index contributed by atoms with van der Waals surface area (Å²) in [5.41, 5.74) is 1.05. The standard InChI is InChI=1S/C16H20N2O/c19-15-10-11-16(12-6-2-1-3-7-12)17-13-8-4-5-9-14(13)18(15)16/h1-3,6-7,13-14,17H,4-5,8-11H2/t13-,14-,16-/m0/s1. The monoisotopic (exact) mass is 256 g/mol. The molecule has 1 aromatic rings. The van der Waals surface area contributed by atoms with Crippen molar-refractivity contribution in [3.05, 3.63) is 35.9 Å². The van der Waals surface area contributed by atoms with E-state index in [0.717, 1.165) is 12.8 Å². The second-order valence-electron chi connectivity index (χ2n) is 6.09. The van der Waals surface area contributed by atoms with Gasteiger partial charge in [0.2, 0.25) is 5.91 Å². The molecule has 1 N–H and O–H groups in total. The number of nitrogens with zero attached hydrogens (tertiary/aromatic N) is 1. The zero-order valence-corrected chi connectivity index (χ0v) is 11.1. The van der Waals surface area contributed by atoms with Crippen LogP contribution < -0.4 is 5.32 Å². The minimum atomic E-state index is -0.210. The van der Waals surface area contributed by atoms with Crippen LogP contribution in [0.4, 0.5) is 0 Å². The number of carbonyl (C=O) groups excluding carboxylic acids is 1. The fraction of sp³-hybridized carbons (Fsp3) is 0.562. The van der Waals surface area contributed by atoms with Gasteiger partial charge < -0.3 is 4.90 Å². The molecule has 3 aliphatic rings. The Morgan fingerprint density at radius 1 is 1.16 bits per heavy atom. The maximum Gasteiger partial charge on any atom is 0.224 e. The number of nitrogens with one attached hydrogen (secondary N) is 1. The van der Waals surface area contributed by atoms with Gasteiger partial charge in [-0.3, -0.25) is 10.1 Å². The van der Waals surface area contributed by atoms with Crippen LogP contribution in [0.2, 0.25) is 0 Å². The fourth-order valence-electron chi connectivity index (χ4n) is 4.33. The van der Waals surface area contributed by atoms with Crippen LogP contribution in [0.1, 0.15) is 44.1 Å². The first-order valence-corrected chi connectivity index (χ1v) is 7.47. The molecule has 100 valence electrons. The van der Waals surface area contributed by atoms with Crippen molar-refractivity contribution in [1.29, 1.82) is 0 Å². The van der Waals surface area contributed by atoms with E-state index in [2.05, 4.69) is 34.5 Å². The smallest absolute Gasteiger partial charge is 0.224 e. The number of fused-ring (bicyclic) bond motifs is 3. The molecular formula is C16H20N2O. The van der Waals surface area contributed by atoms with Crippen LogP contribution in [-0.4, -0.2) is 22.9 Å². The third-order valence-corrected chi connectivity index (χ3v) is 5.12. The van der Waals surface area contributed by atoms with Crippen LogP contribution >= 0.6 is 0 Å². The van der Waals surface area contributed by atoms with E-state index >= 15 is 0 Å². The number of benzene rings is 1. The number of rotatable bonds is 1. The van der Waals surface area contributed by atoms with Crippen molar-refractivity contribution in [2.45, 2.75) is 56.3 Å². The molecule has 1 aliphatic carbocycles. The topological polar surface area (TPSA) is 32.3 Å². The minimum absolute atomic E-state index is 0.210. The Morgan fingerprint density at radius 2 is 1.95 bits per heavy atom. The summed E-state index contributed by atoms with van der Waals surface area (Å²) in [4.78, 5) is 14.6. The Morgan fingerprint density at radius 3 is 2.79 bits per heavy atom. The van der Waals surface area contributed by atoms with Crippen LogP contribution in [0.15, 0.2) is 30.3 Å². The Hall–Kier alpha value is -1.35. The first-order chi connectivity index (χ1) is 9.31. The minimum Gasteiger partial charge on any atom is -0.316 e. The first kappa shape index (κ1) is 11.5. The van der Waals surface area contributed by atoms with Crippen molar-refractivity contribution in [2.24, 2.45) is 0 Å². The summed E-state index contributed by atoms with van der Waals surface area (Å²) in [6.45, 7) is 0. The van der Waals surface area contributed by atoms with Crippen molar-refractivity contribution in [1.82, 2.24) is 10.2 Å². The zero-order valence-electron chi connectivity index (χ0n) is 11.1. The average Bonchev–Trinajstić information content (AvgIpc) is 2.96. The molecule has 0 aromatic heterocycles. The summed E-state index contributed by atoms with van der Waals surface area (Å²) in [5, 5.41) is 3.82. The molecule has 4 rings (SSSR count). The summed E-state index contributed by atoms with van der Waals surface area (Å²) < 4.78 is 0. The highest BCUT2D eigenvalue weighted by Crippen LogP contribution is 2.47. The van der Waals surface area contributed by atoms with Gasteiger partial charge in [-0.25, -0.2) is 0 Å². The summed E-state index contributed by atoms with van der Waals surface area (Å²) in [6, 6.07) is 11.4. The molecule has 3 nitrogen and oxygen atoms in total. The molecule has 2 saturated heterocycles. The van der Waals surface area contributed by atoms with E-state index in [1.807, 2.05) is 6.07 Å². The normalized spacial score (nSPS) is 37.3. The second kappa shape index (κ2) is 4.07. The third-order valence-electron chi connectivity index (χ3n) is 5.12. The molecule has 0 radical (unpaired) electrons. The number of amides is 1. The lowest BCUT2D eigenvalue weighted by molar-refractivity contribution is -0.132. The lowest BCUT2D eigenvalue weighted by Gasteiger charge is -2.35. The molecule has 3 atom stereocenters. The van der Waals surface area contributed by atoms with Crippen molar-refractivity contribution in [3.8, 4) is 0 Å². The van der Waals surface area contributed by atoms with E-state index in [4.69, 9.17) is 0 Å². The summed E-state index contributed by atoms with van der Waals surface area (Å²) in [6.07, 6.45) is 6.54. The van der Waals surface area contributed by atoms with Gasteiger partial charge in [-0.1, -0.05) is 43.2 Å². The molecule has 0 bridgehead atoms. The largest absolute Gasteiger partial charge is 0.316 e. The Bertz CT molecular complexity index is 501. The molecule has 3 fully saturated rings. The van der Waals surface area contributed by atoms with Gasteiger partial charge in [0.25, 0.3) is 0 Å². The predicted octanol–water partition coefficient (Wildman–Crippen LogP) is 2.38. The zero-order chi connectivity index (χ0) is 12.9. The number of hydrogen-bond donors (Lipinski definition) is 1. The van der Waals surface area contributed by atoms with Gasteiger partial charge >= 0.3 is 0 Å². The van der Waals surface area contributed by atoms with Crippen LogP contribution in [0, 0.1) is 0 Å². The van der Waals surface area contributed by atoms with E-state index < -0.39 is 0 Å². The van der Waals surface area contributed by atoms with Gasteiger partial charge in [0, 0.05) is 18.5 Å². The van der Waals surface area contributed by atoms with E-state index in [-0.39, 0.29) is 5.66 Å². The highest BCUT2D eigenvalue weighted by molar-refractivity contribution is 5.81. The molecule has 1 amide bonds. The molecule has 2 aliphatic heterocycles. The number of carbonyl (C=O) groups is 1. The van der Waals surface area contributed by atoms with Gasteiger partial charge in [-0.15, -0.1) is 0 Å². The van der Waals surface area contributed by atoms with Gasteiger partial charge in [0.05, 0.1) is 0 Å². The molecule has 0 spiro atoms. The summed E-state index contributed by atoms with van der Waals surface area (Å²) in [5.74, 6) is 0.339. The second-order valence-corrected chi connectivity index (χ2v) is 6.09. The predicted molar refractivity (Wildman–Crippen MR) is 73.4 cm³/mol. The molecular weight excluding hydrogens is 236 g/mol. The molecule has 3 heteroatoms. The van der Waals surface area contributed by atoms with E-state index in [1.54, 1.807) is 0 Å². The average molecular weight is 256 g/mol. The van der Waals surface area contributed by atoms with Crippen LogP contribution in [-0.2, 0) is 10.5 Å². The molecule has 2 heterocycles. The molecule has 1 saturated carbocycles. The van der Waals surface area contributed by atoms with Crippen LogP contribution in [0.5, 0.6) is 0 Å². The number of hydrogen-bond acceptors (Lipinski definition) is 2. The van der Waals surface area contributed by atoms with E-state index in [1.165, 1.54) is 24.8 Å². The highest BCUT2D eigenvalue weighted by atomic mass is 16.2. The van der Waals surface area contributed by atoms with Gasteiger partial charge in [0.1, 0.15) is 5.66 Å². The highest BCUT2D eigenvalue weighted by Gasteiger charge is 2.57. The summed E-state index contributed by atoms with van der Waals surface area (Å²) >= 11 is 0. The van der Waals surface area contributed by atoms with Gasteiger partial charge in [0.15, 0.2) is 0 Å². The lowest BCUT2D eigenvalue weighted by Crippen LogP contribution is -2.47.